The van der Waals surface area contributed by atoms with Gasteiger partial charge in [-0.05, 0) is 62.7 Å². The van der Waals surface area contributed by atoms with Gasteiger partial charge in [-0.2, -0.15) is 0 Å². The molecule has 0 aromatic carbocycles. The third kappa shape index (κ3) is 3.69. The summed E-state index contributed by atoms with van der Waals surface area (Å²) in [5, 5.41) is 10.1. The Kier molecular flexibility index (Phi) is 4.87. The molecule has 0 spiro atoms. The highest BCUT2D eigenvalue weighted by atomic mass is 16.5. The van der Waals surface area contributed by atoms with Crippen molar-refractivity contribution in [3.63, 3.8) is 0 Å². The second-order valence-corrected chi connectivity index (χ2v) is 6.37. The van der Waals surface area contributed by atoms with E-state index >= 15 is 0 Å². The van der Waals surface area contributed by atoms with E-state index in [0.29, 0.717) is 12.0 Å². The summed E-state index contributed by atoms with van der Waals surface area (Å²) in [6, 6.07) is 0. The van der Waals surface area contributed by atoms with Crippen LogP contribution >= 0.6 is 0 Å². The summed E-state index contributed by atoms with van der Waals surface area (Å²) in [5.41, 5.74) is 0. The molecular weight excluding hydrogens is 212 g/mol. The fourth-order valence-corrected chi connectivity index (χ4v) is 3.47. The van der Waals surface area contributed by atoms with Gasteiger partial charge in [0.25, 0.3) is 0 Å². The summed E-state index contributed by atoms with van der Waals surface area (Å²) in [6.07, 6.45) is 8.59. The number of rotatable bonds is 3. The van der Waals surface area contributed by atoms with Crippen LogP contribution in [0.4, 0.5) is 0 Å². The van der Waals surface area contributed by atoms with Crippen LogP contribution in [0.3, 0.4) is 0 Å². The fourth-order valence-electron chi connectivity index (χ4n) is 3.47. The first-order chi connectivity index (χ1) is 8.16. The van der Waals surface area contributed by atoms with Crippen LogP contribution in [0, 0.1) is 17.8 Å². The maximum Gasteiger partial charge on any atom is 0.0578 e. The normalized spacial score (nSPS) is 39.5. The van der Waals surface area contributed by atoms with Gasteiger partial charge in [-0.25, -0.2) is 0 Å². The Hall–Kier alpha value is -0.0800. The van der Waals surface area contributed by atoms with E-state index in [-0.39, 0.29) is 6.10 Å². The van der Waals surface area contributed by atoms with Gasteiger partial charge in [0.2, 0.25) is 0 Å². The van der Waals surface area contributed by atoms with Crippen molar-refractivity contribution < 1.29 is 9.84 Å². The molecule has 1 saturated heterocycles. The summed E-state index contributed by atoms with van der Waals surface area (Å²) in [6.45, 7) is 5.56. The van der Waals surface area contributed by atoms with Gasteiger partial charge in [0.1, 0.15) is 0 Å². The van der Waals surface area contributed by atoms with Crippen molar-refractivity contribution in [3.8, 4) is 0 Å². The van der Waals surface area contributed by atoms with Gasteiger partial charge in [0, 0.05) is 6.61 Å². The lowest BCUT2D eigenvalue weighted by Crippen LogP contribution is -2.34. The number of aliphatic hydroxyl groups excluding tert-OH is 1. The summed E-state index contributed by atoms with van der Waals surface area (Å²) in [7, 11) is 0. The predicted octanol–water partition coefficient (Wildman–Crippen LogP) is 3.38. The van der Waals surface area contributed by atoms with Crippen molar-refractivity contribution in [1.82, 2.24) is 0 Å². The van der Waals surface area contributed by atoms with Gasteiger partial charge in [-0.15, -0.1) is 0 Å². The molecule has 0 bridgehead atoms. The Bertz CT molecular complexity index is 221. The highest BCUT2D eigenvalue weighted by molar-refractivity contribution is 4.83. The van der Waals surface area contributed by atoms with E-state index in [1.165, 1.54) is 32.1 Å². The number of hydrogen-bond donors (Lipinski definition) is 1. The third-order valence-corrected chi connectivity index (χ3v) is 4.77. The predicted molar refractivity (Wildman–Crippen MR) is 69.9 cm³/mol. The molecule has 2 heteroatoms. The molecule has 1 aliphatic carbocycles. The molecule has 1 heterocycles. The molecule has 0 radical (unpaired) electrons. The first-order valence-corrected chi connectivity index (χ1v) is 7.46. The Balaban J connectivity index is 1.84. The first kappa shape index (κ1) is 13.4. The summed E-state index contributed by atoms with van der Waals surface area (Å²) in [5.74, 6) is 2.06. The highest BCUT2D eigenvalue weighted by Crippen LogP contribution is 2.37. The van der Waals surface area contributed by atoms with E-state index in [2.05, 4.69) is 13.8 Å². The van der Waals surface area contributed by atoms with Crippen LogP contribution in [0.25, 0.3) is 0 Å². The smallest absolute Gasteiger partial charge is 0.0578 e. The highest BCUT2D eigenvalue weighted by Gasteiger charge is 2.32. The maximum absolute atomic E-state index is 10.1. The largest absolute Gasteiger partial charge is 0.393 e. The van der Waals surface area contributed by atoms with Crippen LogP contribution in [0.15, 0.2) is 0 Å². The molecule has 0 aromatic rings. The van der Waals surface area contributed by atoms with Crippen molar-refractivity contribution in [2.75, 3.05) is 6.61 Å². The summed E-state index contributed by atoms with van der Waals surface area (Å²) >= 11 is 0. The molecule has 1 saturated carbocycles. The van der Waals surface area contributed by atoms with E-state index in [9.17, 15) is 5.11 Å². The molecule has 4 atom stereocenters. The average Bonchev–Trinajstić information content (AvgIpc) is 2.33. The summed E-state index contributed by atoms with van der Waals surface area (Å²) < 4.78 is 5.81. The maximum atomic E-state index is 10.1. The van der Waals surface area contributed by atoms with Gasteiger partial charge in [-0.3, -0.25) is 0 Å². The zero-order valence-corrected chi connectivity index (χ0v) is 11.4. The lowest BCUT2D eigenvalue weighted by atomic mass is 9.72. The van der Waals surface area contributed by atoms with Crippen LogP contribution in [0.2, 0.25) is 0 Å². The van der Waals surface area contributed by atoms with Gasteiger partial charge in [0.05, 0.1) is 12.2 Å². The second kappa shape index (κ2) is 6.19. The molecule has 1 N–H and O–H groups in total. The number of hydrogen-bond acceptors (Lipinski definition) is 2. The molecule has 100 valence electrons. The van der Waals surface area contributed by atoms with Crippen molar-refractivity contribution >= 4 is 0 Å². The van der Waals surface area contributed by atoms with Crippen molar-refractivity contribution in [1.29, 1.82) is 0 Å². The molecule has 0 amide bonds. The topological polar surface area (TPSA) is 29.5 Å². The molecule has 2 fully saturated rings. The monoisotopic (exact) mass is 240 g/mol. The zero-order chi connectivity index (χ0) is 12.3. The number of ether oxygens (including phenoxy) is 1. The minimum atomic E-state index is -0.0736. The van der Waals surface area contributed by atoms with E-state index in [4.69, 9.17) is 4.74 Å². The standard InChI is InChI=1S/C15H28O2/c1-11(2)12-6-7-15(16)13(9-12)10-14-5-3-4-8-17-14/h11-16H,3-10H2,1-2H3. The average molecular weight is 240 g/mol. The molecule has 2 nitrogen and oxygen atoms in total. The SMILES string of the molecule is CC(C)C1CCC(O)C(CC2CCCCO2)C1. The van der Waals surface area contributed by atoms with E-state index < -0.39 is 0 Å². The Morgan fingerprint density at radius 3 is 2.65 bits per heavy atom. The molecule has 4 unspecified atom stereocenters. The van der Waals surface area contributed by atoms with Crippen LogP contribution in [-0.4, -0.2) is 23.9 Å². The van der Waals surface area contributed by atoms with E-state index in [1.807, 2.05) is 0 Å². The Labute approximate surface area is 106 Å². The van der Waals surface area contributed by atoms with Crippen LogP contribution < -0.4 is 0 Å². The Morgan fingerprint density at radius 1 is 1.18 bits per heavy atom. The van der Waals surface area contributed by atoms with Crippen molar-refractivity contribution in [2.45, 2.75) is 71.0 Å². The lowest BCUT2D eigenvalue weighted by Gasteiger charge is -2.37. The molecule has 1 aliphatic heterocycles. The van der Waals surface area contributed by atoms with Crippen LogP contribution in [-0.2, 0) is 4.74 Å². The molecule has 2 rings (SSSR count). The Morgan fingerprint density at radius 2 is 2.00 bits per heavy atom. The van der Waals surface area contributed by atoms with Crippen LogP contribution in [0.5, 0.6) is 0 Å². The van der Waals surface area contributed by atoms with E-state index in [0.717, 1.165) is 31.3 Å². The molecule has 17 heavy (non-hydrogen) atoms. The minimum Gasteiger partial charge on any atom is -0.393 e. The quantitative estimate of drug-likeness (QED) is 0.819. The molecular formula is C15H28O2. The summed E-state index contributed by atoms with van der Waals surface area (Å²) in [4.78, 5) is 0. The first-order valence-electron chi connectivity index (χ1n) is 7.46. The number of aliphatic hydroxyl groups is 1. The lowest BCUT2D eigenvalue weighted by molar-refractivity contribution is -0.0348. The second-order valence-electron chi connectivity index (χ2n) is 6.37. The zero-order valence-electron chi connectivity index (χ0n) is 11.4. The molecule has 2 aliphatic rings. The third-order valence-electron chi connectivity index (χ3n) is 4.77. The van der Waals surface area contributed by atoms with Gasteiger partial charge < -0.3 is 9.84 Å². The van der Waals surface area contributed by atoms with Gasteiger partial charge >= 0.3 is 0 Å². The van der Waals surface area contributed by atoms with Crippen molar-refractivity contribution in [2.24, 2.45) is 17.8 Å². The molecule has 0 aromatic heterocycles. The van der Waals surface area contributed by atoms with E-state index in [1.54, 1.807) is 0 Å². The van der Waals surface area contributed by atoms with Gasteiger partial charge in [-0.1, -0.05) is 13.8 Å². The van der Waals surface area contributed by atoms with Crippen molar-refractivity contribution in [3.05, 3.63) is 0 Å². The van der Waals surface area contributed by atoms with Gasteiger partial charge in [0.15, 0.2) is 0 Å². The van der Waals surface area contributed by atoms with Crippen LogP contribution in [0.1, 0.15) is 58.8 Å². The fraction of sp³-hybridized carbons (Fsp3) is 1.00. The minimum absolute atomic E-state index is 0.0736.